The van der Waals surface area contributed by atoms with E-state index in [2.05, 4.69) is 6.58 Å². The van der Waals surface area contributed by atoms with E-state index < -0.39 is 0 Å². The average Bonchev–Trinajstić information content (AvgIpc) is 2.39. The lowest BCUT2D eigenvalue weighted by Crippen LogP contribution is -1.72. The summed E-state index contributed by atoms with van der Waals surface area (Å²) in [4.78, 5) is 0. The minimum Gasteiger partial charge on any atom is -0.461 e. The van der Waals surface area contributed by atoms with Crippen molar-refractivity contribution in [1.82, 2.24) is 0 Å². The van der Waals surface area contributed by atoms with Crippen molar-refractivity contribution in [2.45, 2.75) is 13.8 Å². The number of rotatable bonds is 2. The fourth-order valence-electron chi connectivity index (χ4n) is 0.950. The van der Waals surface area contributed by atoms with Crippen LogP contribution >= 0.6 is 0 Å². The Morgan fingerprint density at radius 1 is 1.55 bits per heavy atom. The molecule has 0 saturated heterocycles. The van der Waals surface area contributed by atoms with Crippen molar-refractivity contribution in [3.05, 3.63) is 42.4 Å². The van der Waals surface area contributed by atoms with Crippen molar-refractivity contribution in [1.29, 1.82) is 0 Å². The smallest absolute Gasteiger partial charge is 0.133 e. The van der Waals surface area contributed by atoms with E-state index in [0.29, 0.717) is 0 Å². The van der Waals surface area contributed by atoms with E-state index in [-0.39, 0.29) is 0 Å². The molecule has 0 aliphatic carbocycles. The number of hydrogen-bond acceptors (Lipinski definition) is 1. The zero-order chi connectivity index (χ0) is 8.27. The number of allylic oxidation sites excluding steroid dienone is 3. The van der Waals surface area contributed by atoms with Crippen molar-refractivity contribution < 1.29 is 4.42 Å². The first-order valence-corrected chi connectivity index (χ1v) is 3.63. The highest BCUT2D eigenvalue weighted by molar-refractivity contribution is 5.69. The van der Waals surface area contributed by atoms with E-state index in [0.717, 1.165) is 17.1 Å². The molecule has 0 aromatic carbocycles. The highest BCUT2D eigenvalue weighted by atomic mass is 16.3. The van der Waals surface area contributed by atoms with Gasteiger partial charge in [0.05, 0.1) is 0 Å². The van der Waals surface area contributed by atoms with Gasteiger partial charge >= 0.3 is 0 Å². The molecule has 1 rings (SSSR count). The molecule has 1 heteroatoms. The van der Waals surface area contributed by atoms with Gasteiger partial charge in [-0.3, -0.25) is 0 Å². The molecule has 0 spiro atoms. The second-order valence-electron chi connectivity index (χ2n) is 2.36. The van der Waals surface area contributed by atoms with Crippen LogP contribution in [-0.4, -0.2) is 0 Å². The van der Waals surface area contributed by atoms with Gasteiger partial charge < -0.3 is 4.42 Å². The van der Waals surface area contributed by atoms with E-state index in [1.54, 1.807) is 6.08 Å². The van der Waals surface area contributed by atoms with Crippen molar-refractivity contribution in [3.63, 3.8) is 0 Å². The first-order chi connectivity index (χ1) is 5.27. The third-order valence-corrected chi connectivity index (χ3v) is 1.56. The molecule has 0 N–H and O–H groups in total. The molecule has 0 aliphatic heterocycles. The van der Waals surface area contributed by atoms with Crippen LogP contribution in [-0.2, 0) is 0 Å². The zero-order valence-electron chi connectivity index (χ0n) is 6.92. The molecule has 0 bridgehead atoms. The first kappa shape index (κ1) is 7.86. The van der Waals surface area contributed by atoms with E-state index in [1.165, 1.54) is 0 Å². The molecule has 0 unspecified atom stereocenters. The lowest BCUT2D eigenvalue weighted by Gasteiger charge is -1.93. The van der Waals surface area contributed by atoms with Crippen molar-refractivity contribution >= 4 is 5.57 Å². The van der Waals surface area contributed by atoms with Gasteiger partial charge in [0.2, 0.25) is 0 Å². The molecule has 1 aromatic heterocycles. The maximum atomic E-state index is 5.39. The van der Waals surface area contributed by atoms with E-state index in [9.17, 15) is 0 Å². The van der Waals surface area contributed by atoms with Crippen molar-refractivity contribution in [2.24, 2.45) is 0 Å². The van der Waals surface area contributed by atoms with Crippen LogP contribution in [0.3, 0.4) is 0 Å². The fourth-order valence-corrected chi connectivity index (χ4v) is 0.950. The quantitative estimate of drug-likeness (QED) is 0.587. The van der Waals surface area contributed by atoms with Gasteiger partial charge in [0.1, 0.15) is 11.5 Å². The van der Waals surface area contributed by atoms with Gasteiger partial charge in [-0.2, -0.15) is 0 Å². The van der Waals surface area contributed by atoms with Crippen LogP contribution in [0.4, 0.5) is 0 Å². The second kappa shape index (κ2) is 3.24. The highest BCUT2D eigenvalue weighted by Gasteiger charge is 1.99. The predicted molar refractivity (Wildman–Crippen MR) is 47.3 cm³/mol. The van der Waals surface area contributed by atoms with Crippen LogP contribution in [0.25, 0.3) is 5.57 Å². The highest BCUT2D eigenvalue weighted by Crippen LogP contribution is 2.17. The van der Waals surface area contributed by atoms with Gasteiger partial charge in [-0.1, -0.05) is 18.7 Å². The van der Waals surface area contributed by atoms with Crippen LogP contribution in [0.2, 0.25) is 0 Å². The summed E-state index contributed by atoms with van der Waals surface area (Å²) < 4.78 is 5.39. The number of furan rings is 1. The third kappa shape index (κ3) is 1.61. The largest absolute Gasteiger partial charge is 0.461 e. The molecule has 0 saturated carbocycles. The molecule has 1 nitrogen and oxygen atoms in total. The molecule has 58 valence electrons. The van der Waals surface area contributed by atoms with E-state index >= 15 is 0 Å². The van der Waals surface area contributed by atoms with E-state index in [1.807, 2.05) is 32.1 Å². The minimum atomic E-state index is 0.889. The third-order valence-electron chi connectivity index (χ3n) is 1.56. The summed E-state index contributed by atoms with van der Waals surface area (Å²) in [5.41, 5.74) is 1.04. The summed E-state index contributed by atoms with van der Waals surface area (Å²) in [7, 11) is 0. The Morgan fingerprint density at radius 3 is 2.64 bits per heavy atom. The van der Waals surface area contributed by atoms with Gasteiger partial charge in [0.25, 0.3) is 0 Å². The summed E-state index contributed by atoms with van der Waals surface area (Å²) in [5, 5.41) is 0. The van der Waals surface area contributed by atoms with Crippen LogP contribution in [0.5, 0.6) is 0 Å². The van der Waals surface area contributed by atoms with Gasteiger partial charge in [0, 0.05) is 5.57 Å². The molecule has 0 radical (unpaired) electrons. The van der Waals surface area contributed by atoms with Crippen LogP contribution in [0, 0.1) is 6.92 Å². The maximum absolute atomic E-state index is 5.39. The van der Waals surface area contributed by atoms with Crippen molar-refractivity contribution in [3.8, 4) is 0 Å². The monoisotopic (exact) mass is 148 g/mol. The van der Waals surface area contributed by atoms with Crippen LogP contribution in [0.1, 0.15) is 18.4 Å². The normalized spacial score (nSPS) is 11.6. The summed E-state index contributed by atoms with van der Waals surface area (Å²) in [6, 6.07) is 3.90. The molecule has 0 amide bonds. The SMILES string of the molecule is C=C/C(=C\C)c1ccc(C)o1. The molecule has 1 aromatic rings. The number of aryl methyl sites for hydroxylation is 1. The van der Waals surface area contributed by atoms with Gasteiger partial charge in [-0.15, -0.1) is 0 Å². The molecule has 0 fully saturated rings. The van der Waals surface area contributed by atoms with Gasteiger partial charge in [-0.05, 0) is 26.0 Å². The van der Waals surface area contributed by atoms with E-state index in [4.69, 9.17) is 4.42 Å². The first-order valence-electron chi connectivity index (χ1n) is 3.63. The lowest BCUT2D eigenvalue weighted by molar-refractivity contribution is 0.522. The number of hydrogen-bond donors (Lipinski definition) is 0. The van der Waals surface area contributed by atoms with Crippen LogP contribution in [0.15, 0.2) is 35.3 Å². The molecule has 11 heavy (non-hydrogen) atoms. The molecule has 1 heterocycles. The average molecular weight is 148 g/mol. The minimum absolute atomic E-state index is 0.889. The molecular formula is C10H12O. The molecule has 0 aliphatic rings. The Morgan fingerprint density at radius 2 is 2.27 bits per heavy atom. The Kier molecular flexibility index (Phi) is 2.32. The van der Waals surface area contributed by atoms with Gasteiger partial charge in [0.15, 0.2) is 0 Å². The topological polar surface area (TPSA) is 13.1 Å². The Labute approximate surface area is 67.0 Å². The lowest BCUT2D eigenvalue weighted by atomic mass is 10.2. The Balaban J connectivity index is 3.00. The summed E-state index contributed by atoms with van der Waals surface area (Å²) in [6.45, 7) is 7.59. The summed E-state index contributed by atoms with van der Waals surface area (Å²) in [6.07, 6.45) is 3.77. The zero-order valence-corrected chi connectivity index (χ0v) is 6.92. The second-order valence-corrected chi connectivity index (χ2v) is 2.36. The fraction of sp³-hybridized carbons (Fsp3) is 0.200. The van der Waals surface area contributed by atoms with Gasteiger partial charge in [-0.25, -0.2) is 0 Å². The standard InChI is InChI=1S/C10H12O/c1-4-9(5-2)10-7-6-8(3)11-10/h4-7H,1H2,2-3H3/b9-5+. The maximum Gasteiger partial charge on any atom is 0.133 e. The predicted octanol–water partition coefficient (Wildman–Crippen LogP) is 3.18. The Hall–Kier alpha value is -1.24. The Bertz CT molecular complexity index is 279. The summed E-state index contributed by atoms with van der Waals surface area (Å²) in [5.74, 6) is 1.82. The summed E-state index contributed by atoms with van der Waals surface area (Å²) >= 11 is 0. The van der Waals surface area contributed by atoms with Crippen molar-refractivity contribution in [2.75, 3.05) is 0 Å². The molecule has 0 atom stereocenters. The molecular weight excluding hydrogens is 136 g/mol. The van der Waals surface area contributed by atoms with Crippen LogP contribution < -0.4 is 0 Å².